The topological polar surface area (TPSA) is 49.9 Å². The number of rotatable bonds is 7. The average Bonchev–Trinajstić information content (AvgIpc) is 2.68. The molecule has 2 rings (SSSR count). The number of hydrogen-bond acceptors (Lipinski definition) is 4. The number of para-hydroxylation sites is 1. The van der Waals surface area contributed by atoms with Gasteiger partial charge in [0.25, 0.3) is 0 Å². The zero-order valence-corrected chi connectivity index (χ0v) is 18.1. The van der Waals surface area contributed by atoms with Gasteiger partial charge in [0.1, 0.15) is 6.54 Å². The second-order valence-electron chi connectivity index (χ2n) is 5.52. The Morgan fingerprint density at radius 1 is 1.15 bits per heavy atom. The van der Waals surface area contributed by atoms with Crippen molar-refractivity contribution in [2.45, 2.75) is 27.7 Å². The molecule has 27 heavy (non-hydrogen) atoms. The second kappa shape index (κ2) is 11.4. The van der Waals surface area contributed by atoms with Crippen molar-refractivity contribution >= 4 is 45.4 Å². The number of carbonyl (C=O) groups is 2. The molecule has 0 radical (unpaired) electrons. The summed E-state index contributed by atoms with van der Waals surface area (Å²) < 4.78 is 5.96. The highest BCUT2D eigenvalue weighted by Crippen LogP contribution is 2.36. The summed E-state index contributed by atoms with van der Waals surface area (Å²) in [4.78, 5) is 26.8. The number of aryl methyl sites for hydroxylation is 1. The number of esters is 1. The maximum Gasteiger partial charge on any atom is 0.326 e. The Morgan fingerprint density at radius 2 is 1.78 bits per heavy atom. The molecular formula is C21H27BrN2O3. The summed E-state index contributed by atoms with van der Waals surface area (Å²) in [6.07, 6.45) is 0.657. The van der Waals surface area contributed by atoms with E-state index in [1.165, 1.54) is 4.90 Å². The van der Waals surface area contributed by atoms with Crippen molar-refractivity contribution in [1.82, 2.24) is 0 Å². The minimum atomic E-state index is -0.437. The third kappa shape index (κ3) is 6.10. The van der Waals surface area contributed by atoms with Crippen LogP contribution in [-0.4, -0.2) is 32.6 Å². The fourth-order valence-corrected chi connectivity index (χ4v) is 2.89. The van der Waals surface area contributed by atoms with Crippen molar-refractivity contribution in [1.29, 1.82) is 0 Å². The predicted molar refractivity (Wildman–Crippen MR) is 115 cm³/mol. The summed E-state index contributed by atoms with van der Waals surface area (Å²) in [6.45, 7) is 7.87. The van der Waals surface area contributed by atoms with E-state index in [0.29, 0.717) is 12.1 Å². The largest absolute Gasteiger partial charge is 0.465 e. The zero-order valence-electron chi connectivity index (χ0n) is 16.5. The third-order valence-corrected chi connectivity index (χ3v) is 4.34. The van der Waals surface area contributed by atoms with E-state index in [1.807, 2.05) is 75.2 Å². The van der Waals surface area contributed by atoms with Crippen molar-refractivity contribution in [3.63, 3.8) is 0 Å². The van der Waals surface area contributed by atoms with Crippen LogP contribution in [0.2, 0.25) is 0 Å². The van der Waals surface area contributed by atoms with Crippen LogP contribution in [0.4, 0.5) is 17.1 Å². The van der Waals surface area contributed by atoms with E-state index in [0.717, 1.165) is 21.4 Å². The highest BCUT2D eigenvalue weighted by molar-refractivity contribution is 9.10. The van der Waals surface area contributed by atoms with Crippen LogP contribution >= 0.6 is 15.9 Å². The molecule has 2 aromatic carbocycles. The van der Waals surface area contributed by atoms with Crippen molar-refractivity contribution in [3.05, 3.63) is 52.5 Å². The summed E-state index contributed by atoms with van der Waals surface area (Å²) >= 11 is 3.43. The molecule has 0 aromatic heterocycles. The van der Waals surface area contributed by atoms with Crippen molar-refractivity contribution in [2.75, 3.05) is 30.0 Å². The van der Waals surface area contributed by atoms with Gasteiger partial charge in [-0.2, -0.15) is 0 Å². The molecule has 0 N–H and O–H groups in total. The SMILES string of the molecule is CC.CCOC(=O)CN(C=O)c1cccc(C)c1N(C)c1ccc(Br)cc1. The molecule has 0 spiro atoms. The molecular weight excluding hydrogens is 408 g/mol. The smallest absolute Gasteiger partial charge is 0.326 e. The minimum Gasteiger partial charge on any atom is -0.465 e. The number of ether oxygens (including phenoxy) is 1. The Hall–Kier alpha value is -2.34. The summed E-state index contributed by atoms with van der Waals surface area (Å²) in [7, 11) is 1.93. The Balaban J connectivity index is 0.00000176. The first-order valence-corrected chi connectivity index (χ1v) is 9.73. The van der Waals surface area contributed by atoms with E-state index in [-0.39, 0.29) is 13.2 Å². The molecule has 0 fully saturated rings. The number of amides is 1. The summed E-state index contributed by atoms with van der Waals surface area (Å²) in [5, 5.41) is 0. The molecule has 0 aliphatic rings. The molecule has 0 aliphatic carbocycles. The van der Waals surface area contributed by atoms with Crippen molar-refractivity contribution in [2.24, 2.45) is 0 Å². The molecule has 6 heteroatoms. The summed E-state index contributed by atoms with van der Waals surface area (Å²) in [6, 6.07) is 13.5. The van der Waals surface area contributed by atoms with E-state index in [9.17, 15) is 9.59 Å². The molecule has 2 aromatic rings. The maximum absolute atomic E-state index is 11.8. The van der Waals surface area contributed by atoms with E-state index < -0.39 is 5.97 Å². The maximum atomic E-state index is 11.8. The molecule has 146 valence electrons. The van der Waals surface area contributed by atoms with Gasteiger partial charge in [0, 0.05) is 17.2 Å². The predicted octanol–water partition coefficient (Wildman–Crippen LogP) is 5.08. The summed E-state index contributed by atoms with van der Waals surface area (Å²) in [5.74, 6) is -0.437. The minimum absolute atomic E-state index is 0.123. The van der Waals surface area contributed by atoms with Gasteiger partial charge in [0.05, 0.1) is 18.0 Å². The lowest BCUT2D eigenvalue weighted by molar-refractivity contribution is -0.141. The fourth-order valence-electron chi connectivity index (χ4n) is 2.63. The Labute approximate surface area is 170 Å². The van der Waals surface area contributed by atoms with Crippen LogP contribution in [0.5, 0.6) is 0 Å². The van der Waals surface area contributed by atoms with E-state index in [1.54, 1.807) is 6.92 Å². The van der Waals surface area contributed by atoms with Crippen LogP contribution in [0.25, 0.3) is 0 Å². The highest BCUT2D eigenvalue weighted by Gasteiger charge is 2.19. The van der Waals surface area contributed by atoms with Crippen LogP contribution in [-0.2, 0) is 14.3 Å². The number of nitrogens with zero attached hydrogens (tertiary/aromatic N) is 2. The quantitative estimate of drug-likeness (QED) is 0.450. The van der Waals surface area contributed by atoms with Crippen LogP contribution in [0.1, 0.15) is 26.3 Å². The lowest BCUT2D eigenvalue weighted by Crippen LogP contribution is -2.31. The van der Waals surface area contributed by atoms with Gasteiger partial charge in [-0.05, 0) is 49.7 Å². The van der Waals surface area contributed by atoms with Crippen LogP contribution in [0, 0.1) is 6.92 Å². The molecule has 1 amide bonds. The van der Waals surface area contributed by atoms with Gasteiger partial charge in [-0.15, -0.1) is 0 Å². The highest BCUT2D eigenvalue weighted by atomic mass is 79.9. The van der Waals surface area contributed by atoms with Gasteiger partial charge in [0.2, 0.25) is 6.41 Å². The monoisotopic (exact) mass is 434 g/mol. The van der Waals surface area contributed by atoms with Gasteiger partial charge < -0.3 is 14.5 Å². The van der Waals surface area contributed by atoms with Crippen LogP contribution in [0.15, 0.2) is 46.9 Å². The number of carbonyl (C=O) groups excluding carboxylic acids is 2. The lowest BCUT2D eigenvalue weighted by atomic mass is 10.1. The van der Waals surface area contributed by atoms with Gasteiger partial charge in [-0.3, -0.25) is 9.59 Å². The number of halogens is 1. The first kappa shape index (κ1) is 22.7. The van der Waals surface area contributed by atoms with E-state index in [2.05, 4.69) is 15.9 Å². The molecule has 5 nitrogen and oxygen atoms in total. The van der Waals surface area contributed by atoms with Gasteiger partial charge in [-0.25, -0.2) is 0 Å². The molecule has 0 aliphatic heterocycles. The lowest BCUT2D eigenvalue weighted by Gasteiger charge is -2.28. The van der Waals surface area contributed by atoms with Crippen molar-refractivity contribution < 1.29 is 14.3 Å². The number of hydrogen-bond donors (Lipinski definition) is 0. The molecule has 0 unspecified atom stereocenters. The van der Waals surface area contributed by atoms with Gasteiger partial charge >= 0.3 is 5.97 Å². The Kier molecular flexibility index (Phi) is 9.58. The fraction of sp³-hybridized carbons (Fsp3) is 0.333. The molecule has 0 atom stereocenters. The molecule has 0 saturated heterocycles. The second-order valence-corrected chi connectivity index (χ2v) is 6.43. The number of benzene rings is 2. The first-order chi connectivity index (χ1) is 13.0. The Bertz CT molecular complexity index is 748. The van der Waals surface area contributed by atoms with Gasteiger partial charge in [0.15, 0.2) is 0 Å². The van der Waals surface area contributed by atoms with Gasteiger partial charge in [-0.1, -0.05) is 41.9 Å². The van der Waals surface area contributed by atoms with E-state index >= 15 is 0 Å². The molecule has 0 saturated carbocycles. The van der Waals surface area contributed by atoms with Crippen LogP contribution < -0.4 is 9.80 Å². The molecule has 0 heterocycles. The average molecular weight is 435 g/mol. The first-order valence-electron chi connectivity index (χ1n) is 8.94. The third-order valence-electron chi connectivity index (χ3n) is 3.81. The summed E-state index contributed by atoms with van der Waals surface area (Å²) in [5.41, 5.74) is 3.49. The standard InChI is InChI=1S/C19H21BrN2O3.C2H6/c1-4-25-18(24)12-22(13-23)17-7-5-6-14(2)19(17)21(3)16-10-8-15(20)9-11-16;1-2/h5-11,13H,4,12H2,1-3H3;1-2H3. The zero-order chi connectivity index (χ0) is 20.4. The molecule has 0 bridgehead atoms. The van der Waals surface area contributed by atoms with Crippen LogP contribution in [0.3, 0.4) is 0 Å². The normalized spacial score (nSPS) is 9.70. The Morgan fingerprint density at radius 3 is 2.33 bits per heavy atom. The van der Waals surface area contributed by atoms with Crippen molar-refractivity contribution in [3.8, 4) is 0 Å². The number of anilines is 3. The van der Waals surface area contributed by atoms with E-state index in [4.69, 9.17) is 4.74 Å².